The summed E-state index contributed by atoms with van der Waals surface area (Å²) in [6.07, 6.45) is 8.98. The van der Waals surface area contributed by atoms with Gasteiger partial charge in [-0.3, -0.25) is 0 Å². The highest BCUT2D eigenvalue weighted by atomic mass is 127. The van der Waals surface area contributed by atoms with Gasteiger partial charge in [0.05, 0.1) is 6.04 Å². The fraction of sp³-hybridized carbons (Fsp3) is 0.769. The lowest BCUT2D eigenvalue weighted by atomic mass is 9.94. The summed E-state index contributed by atoms with van der Waals surface area (Å²) in [7, 11) is 0. The van der Waals surface area contributed by atoms with Crippen molar-refractivity contribution in [3.63, 3.8) is 0 Å². The molecule has 92 valence electrons. The third-order valence-electron chi connectivity index (χ3n) is 3.09. The highest BCUT2D eigenvalue weighted by Gasteiger charge is 2.18. The molecule has 2 atom stereocenters. The van der Waals surface area contributed by atoms with E-state index < -0.39 is 0 Å². The standard InChI is InChI=1S/C13H23IN2/c1-4-5-6-7-8-10(2)12-9-13(14)16-11(3)15-12/h9-10,12H,4-8H2,1-3H3,(H,15,16). The lowest BCUT2D eigenvalue weighted by Gasteiger charge is -2.26. The zero-order valence-corrected chi connectivity index (χ0v) is 12.8. The average molecular weight is 334 g/mol. The van der Waals surface area contributed by atoms with Crippen LogP contribution in [0.3, 0.4) is 0 Å². The maximum Gasteiger partial charge on any atom is 0.101 e. The number of aliphatic imine (C=N–C) groups is 1. The van der Waals surface area contributed by atoms with Gasteiger partial charge < -0.3 is 5.32 Å². The summed E-state index contributed by atoms with van der Waals surface area (Å²) in [5.74, 6) is 1.75. The summed E-state index contributed by atoms with van der Waals surface area (Å²) < 4.78 is 1.12. The molecular weight excluding hydrogens is 311 g/mol. The topological polar surface area (TPSA) is 24.4 Å². The Morgan fingerprint density at radius 2 is 2.19 bits per heavy atom. The van der Waals surface area contributed by atoms with Crippen LogP contribution in [-0.2, 0) is 0 Å². The fourth-order valence-corrected chi connectivity index (χ4v) is 2.79. The molecule has 0 saturated heterocycles. The highest BCUT2D eigenvalue weighted by molar-refractivity contribution is 14.1. The van der Waals surface area contributed by atoms with Gasteiger partial charge >= 0.3 is 0 Å². The van der Waals surface area contributed by atoms with Crippen LogP contribution in [0.5, 0.6) is 0 Å². The van der Waals surface area contributed by atoms with Gasteiger partial charge in [-0.05, 0) is 47.9 Å². The van der Waals surface area contributed by atoms with Gasteiger partial charge in [-0.1, -0.05) is 39.5 Å². The SMILES string of the molecule is CCCCCCC(C)C1C=C(I)N=C(C)N1. The van der Waals surface area contributed by atoms with Gasteiger partial charge in [0.25, 0.3) is 0 Å². The Kier molecular flexibility index (Phi) is 6.39. The molecular formula is C13H23IN2. The molecule has 1 N–H and O–H groups in total. The van der Waals surface area contributed by atoms with Gasteiger partial charge in [0.15, 0.2) is 0 Å². The van der Waals surface area contributed by atoms with Gasteiger partial charge in [0, 0.05) is 0 Å². The minimum absolute atomic E-state index is 0.478. The molecule has 0 bridgehead atoms. The predicted octanol–water partition coefficient (Wildman–Crippen LogP) is 4.26. The molecule has 1 rings (SSSR count). The van der Waals surface area contributed by atoms with E-state index in [1.807, 2.05) is 6.92 Å². The molecule has 0 amide bonds. The van der Waals surface area contributed by atoms with E-state index in [1.54, 1.807) is 0 Å². The Bertz CT molecular complexity index is 271. The van der Waals surface area contributed by atoms with Gasteiger partial charge in [-0.25, -0.2) is 4.99 Å². The number of hydrogen-bond acceptors (Lipinski definition) is 2. The number of amidine groups is 1. The predicted molar refractivity (Wildman–Crippen MR) is 80.1 cm³/mol. The van der Waals surface area contributed by atoms with Crippen molar-refractivity contribution >= 4 is 28.4 Å². The lowest BCUT2D eigenvalue weighted by Crippen LogP contribution is -2.38. The molecule has 16 heavy (non-hydrogen) atoms. The molecule has 0 aromatic heterocycles. The van der Waals surface area contributed by atoms with Crippen LogP contribution in [0.4, 0.5) is 0 Å². The van der Waals surface area contributed by atoms with Crippen LogP contribution >= 0.6 is 22.6 Å². The number of hydrogen-bond donors (Lipinski definition) is 1. The Labute approximate surface area is 113 Å². The third-order valence-corrected chi connectivity index (χ3v) is 3.69. The summed E-state index contributed by atoms with van der Waals surface area (Å²) in [4.78, 5) is 4.38. The molecule has 0 radical (unpaired) electrons. The number of nitrogens with one attached hydrogen (secondary N) is 1. The quantitative estimate of drug-likeness (QED) is 0.438. The summed E-state index contributed by atoms with van der Waals surface area (Å²) in [5.41, 5.74) is 0. The van der Waals surface area contributed by atoms with Crippen molar-refractivity contribution in [2.24, 2.45) is 10.9 Å². The first-order valence-corrected chi connectivity index (χ1v) is 7.40. The first-order valence-electron chi connectivity index (χ1n) is 6.32. The zero-order chi connectivity index (χ0) is 12.0. The molecule has 1 aliphatic heterocycles. The largest absolute Gasteiger partial charge is 0.367 e. The Hall–Kier alpha value is -0.0600. The van der Waals surface area contributed by atoms with Crippen molar-refractivity contribution in [3.05, 3.63) is 9.78 Å². The van der Waals surface area contributed by atoms with E-state index in [4.69, 9.17) is 0 Å². The number of halogens is 1. The normalized spacial score (nSPS) is 22.1. The summed E-state index contributed by atoms with van der Waals surface area (Å²) in [6, 6.07) is 0.478. The van der Waals surface area contributed by atoms with Crippen LogP contribution in [-0.4, -0.2) is 11.9 Å². The van der Waals surface area contributed by atoms with Crippen molar-refractivity contribution in [1.29, 1.82) is 0 Å². The monoisotopic (exact) mass is 334 g/mol. The minimum Gasteiger partial charge on any atom is -0.367 e. The van der Waals surface area contributed by atoms with Crippen LogP contribution < -0.4 is 5.32 Å². The summed E-state index contributed by atoms with van der Waals surface area (Å²) in [6.45, 7) is 6.64. The third kappa shape index (κ3) is 4.85. The van der Waals surface area contributed by atoms with Crippen LogP contribution in [0.2, 0.25) is 0 Å². The van der Waals surface area contributed by atoms with Crippen molar-refractivity contribution in [2.45, 2.75) is 58.9 Å². The second-order valence-electron chi connectivity index (χ2n) is 4.68. The summed E-state index contributed by atoms with van der Waals surface area (Å²) >= 11 is 2.31. The maximum absolute atomic E-state index is 4.38. The van der Waals surface area contributed by atoms with Crippen LogP contribution in [0.15, 0.2) is 14.8 Å². The van der Waals surface area contributed by atoms with Gasteiger partial charge in [-0.15, -0.1) is 0 Å². The zero-order valence-electron chi connectivity index (χ0n) is 10.6. The number of nitrogens with zero attached hydrogens (tertiary/aromatic N) is 1. The molecule has 0 aliphatic carbocycles. The maximum atomic E-state index is 4.38. The number of unbranched alkanes of at least 4 members (excludes halogenated alkanes) is 3. The second-order valence-corrected chi connectivity index (χ2v) is 5.79. The number of rotatable bonds is 6. The second kappa shape index (κ2) is 7.30. The first kappa shape index (κ1) is 14.0. The molecule has 0 spiro atoms. The van der Waals surface area contributed by atoms with Crippen molar-refractivity contribution in [2.75, 3.05) is 0 Å². The van der Waals surface area contributed by atoms with Crippen molar-refractivity contribution in [3.8, 4) is 0 Å². The van der Waals surface area contributed by atoms with Crippen LogP contribution in [0.25, 0.3) is 0 Å². The van der Waals surface area contributed by atoms with Crippen LogP contribution in [0, 0.1) is 5.92 Å². The molecule has 3 heteroatoms. The molecule has 2 nitrogen and oxygen atoms in total. The van der Waals surface area contributed by atoms with Crippen molar-refractivity contribution in [1.82, 2.24) is 5.32 Å². The molecule has 0 fully saturated rings. The van der Waals surface area contributed by atoms with Gasteiger partial charge in [-0.2, -0.15) is 0 Å². The Morgan fingerprint density at radius 3 is 2.81 bits per heavy atom. The lowest BCUT2D eigenvalue weighted by molar-refractivity contribution is 0.425. The van der Waals surface area contributed by atoms with E-state index in [0.29, 0.717) is 12.0 Å². The minimum atomic E-state index is 0.478. The van der Waals surface area contributed by atoms with E-state index in [2.05, 4.69) is 52.8 Å². The average Bonchev–Trinajstić information content (AvgIpc) is 2.22. The summed E-state index contributed by atoms with van der Waals surface area (Å²) in [5, 5.41) is 3.46. The van der Waals surface area contributed by atoms with Crippen LogP contribution in [0.1, 0.15) is 52.9 Å². The molecule has 1 aliphatic rings. The van der Waals surface area contributed by atoms with E-state index in [9.17, 15) is 0 Å². The van der Waals surface area contributed by atoms with E-state index in [0.717, 1.165) is 9.54 Å². The van der Waals surface area contributed by atoms with Gasteiger partial charge in [0.2, 0.25) is 0 Å². The first-order chi connectivity index (χ1) is 7.63. The van der Waals surface area contributed by atoms with E-state index >= 15 is 0 Å². The fourth-order valence-electron chi connectivity index (χ4n) is 2.04. The molecule has 0 saturated carbocycles. The molecule has 0 aromatic carbocycles. The Balaban J connectivity index is 2.32. The molecule has 1 heterocycles. The molecule has 0 aromatic rings. The van der Waals surface area contributed by atoms with E-state index in [-0.39, 0.29) is 0 Å². The highest BCUT2D eigenvalue weighted by Crippen LogP contribution is 2.21. The van der Waals surface area contributed by atoms with Gasteiger partial charge in [0.1, 0.15) is 9.54 Å². The van der Waals surface area contributed by atoms with E-state index in [1.165, 1.54) is 32.1 Å². The van der Waals surface area contributed by atoms with Crippen molar-refractivity contribution < 1.29 is 0 Å². The molecule has 2 unspecified atom stereocenters. The smallest absolute Gasteiger partial charge is 0.101 e. The Morgan fingerprint density at radius 1 is 1.44 bits per heavy atom.